The van der Waals surface area contributed by atoms with Crippen LogP contribution in [0.2, 0.25) is 0 Å². The van der Waals surface area contributed by atoms with Gasteiger partial charge in [-0.1, -0.05) is 30.3 Å². The largest absolute Gasteiger partial charge is 0.451 e. The SMILES string of the molecule is FC(F)(F)c1nc(NCCc2cnn(-c3ccccc3)c2)c2ccccc2n1. The molecule has 0 unspecified atom stereocenters. The number of anilines is 1. The van der Waals surface area contributed by atoms with Gasteiger partial charge in [0.1, 0.15) is 5.82 Å². The summed E-state index contributed by atoms with van der Waals surface area (Å²) >= 11 is 0. The van der Waals surface area contributed by atoms with Gasteiger partial charge < -0.3 is 5.32 Å². The molecule has 0 amide bonds. The summed E-state index contributed by atoms with van der Waals surface area (Å²) in [4.78, 5) is 7.31. The second-order valence-corrected chi connectivity index (χ2v) is 6.22. The number of alkyl halides is 3. The number of hydrogen-bond donors (Lipinski definition) is 1. The van der Waals surface area contributed by atoms with Crippen LogP contribution in [0.3, 0.4) is 0 Å². The lowest BCUT2D eigenvalue weighted by Gasteiger charge is -2.12. The number of fused-ring (bicyclic) bond motifs is 1. The van der Waals surface area contributed by atoms with Gasteiger partial charge in [-0.3, -0.25) is 0 Å². The van der Waals surface area contributed by atoms with Crippen molar-refractivity contribution < 1.29 is 13.2 Å². The Morgan fingerprint density at radius 3 is 2.46 bits per heavy atom. The Kier molecular flexibility index (Phi) is 4.68. The molecule has 0 spiro atoms. The zero-order chi connectivity index (χ0) is 19.6. The molecule has 0 aliphatic heterocycles. The highest BCUT2D eigenvalue weighted by Gasteiger charge is 2.35. The summed E-state index contributed by atoms with van der Waals surface area (Å²) in [5, 5.41) is 7.88. The molecule has 5 nitrogen and oxygen atoms in total. The fraction of sp³-hybridized carbons (Fsp3) is 0.150. The molecule has 0 saturated heterocycles. The van der Waals surface area contributed by atoms with Gasteiger partial charge in [-0.25, -0.2) is 14.6 Å². The minimum absolute atomic E-state index is 0.174. The molecule has 4 aromatic rings. The molecule has 0 bridgehead atoms. The molecule has 2 heterocycles. The van der Waals surface area contributed by atoms with E-state index in [-0.39, 0.29) is 11.3 Å². The third kappa shape index (κ3) is 3.80. The number of halogens is 3. The molecule has 142 valence electrons. The van der Waals surface area contributed by atoms with Crippen molar-refractivity contribution in [1.82, 2.24) is 19.7 Å². The maximum absolute atomic E-state index is 13.1. The fourth-order valence-corrected chi connectivity index (χ4v) is 2.87. The van der Waals surface area contributed by atoms with Gasteiger partial charge in [-0.2, -0.15) is 18.3 Å². The molecule has 2 aromatic carbocycles. The Bertz CT molecular complexity index is 1090. The third-order valence-corrected chi connectivity index (χ3v) is 4.22. The first-order valence-corrected chi connectivity index (χ1v) is 8.67. The maximum atomic E-state index is 13.1. The zero-order valence-corrected chi connectivity index (χ0v) is 14.7. The van der Waals surface area contributed by atoms with Crippen molar-refractivity contribution in [1.29, 1.82) is 0 Å². The Morgan fingerprint density at radius 2 is 1.68 bits per heavy atom. The van der Waals surface area contributed by atoms with Gasteiger partial charge in [0.2, 0.25) is 5.82 Å². The van der Waals surface area contributed by atoms with Crippen LogP contribution in [0.25, 0.3) is 16.6 Å². The predicted octanol–water partition coefficient (Wildman–Crippen LogP) is 4.49. The first-order chi connectivity index (χ1) is 13.5. The molecule has 28 heavy (non-hydrogen) atoms. The van der Waals surface area contributed by atoms with Crippen LogP contribution < -0.4 is 5.32 Å². The second kappa shape index (κ2) is 7.30. The molecular weight excluding hydrogens is 367 g/mol. The Hall–Kier alpha value is -3.42. The van der Waals surface area contributed by atoms with Crippen molar-refractivity contribution in [3.63, 3.8) is 0 Å². The summed E-state index contributed by atoms with van der Waals surface area (Å²) in [5.74, 6) is -0.973. The molecule has 0 saturated carbocycles. The van der Waals surface area contributed by atoms with Gasteiger partial charge in [0.05, 0.1) is 17.4 Å². The fourth-order valence-electron chi connectivity index (χ4n) is 2.87. The van der Waals surface area contributed by atoms with E-state index in [1.165, 1.54) is 0 Å². The molecule has 4 rings (SSSR count). The molecule has 2 aromatic heterocycles. The van der Waals surface area contributed by atoms with Crippen LogP contribution in [-0.2, 0) is 12.6 Å². The lowest BCUT2D eigenvalue weighted by Crippen LogP contribution is -2.14. The molecule has 0 radical (unpaired) electrons. The van der Waals surface area contributed by atoms with Crippen molar-refractivity contribution in [2.45, 2.75) is 12.6 Å². The maximum Gasteiger partial charge on any atom is 0.451 e. The van der Waals surface area contributed by atoms with Crippen LogP contribution >= 0.6 is 0 Å². The number of hydrogen-bond acceptors (Lipinski definition) is 4. The van der Waals surface area contributed by atoms with E-state index in [2.05, 4.69) is 20.4 Å². The minimum Gasteiger partial charge on any atom is -0.369 e. The van der Waals surface area contributed by atoms with Gasteiger partial charge >= 0.3 is 6.18 Å². The minimum atomic E-state index is -4.60. The average Bonchev–Trinajstić information content (AvgIpc) is 3.17. The van der Waals surface area contributed by atoms with Gasteiger partial charge in [0.15, 0.2) is 0 Å². The van der Waals surface area contributed by atoms with E-state index in [0.717, 1.165) is 11.3 Å². The Balaban J connectivity index is 1.51. The summed E-state index contributed by atoms with van der Waals surface area (Å²) in [6.07, 6.45) is -0.367. The number of rotatable bonds is 5. The van der Waals surface area contributed by atoms with Crippen molar-refractivity contribution in [2.24, 2.45) is 0 Å². The molecule has 1 N–H and O–H groups in total. The van der Waals surface area contributed by atoms with Crippen LogP contribution in [0.4, 0.5) is 19.0 Å². The molecule has 0 fully saturated rings. The number of nitrogens with one attached hydrogen (secondary N) is 1. The monoisotopic (exact) mass is 383 g/mol. The van der Waals surface area contributed by atoms with E-state index in [4.69, 9.17) is 0 Å². The molecule has 8 heteroatoms. The number of nitrogens with zero attached hydrogens (tertiary/aromatic N) is 4. The summed E-state index contributed by atoms with van der Waals surface area (Å²) in [6, 6.07) is 16.3. The van der Waals surface area contributed by atoms with E-state index in [0.29, 0.717) is 18.4 Å². The van der Waals surface area contributed by atoms with E-state index in [9.17, 15) is 13.2 Å². The van der Waals surface area contributed by atoms with Crippen LogP contribution in [0, 0.1) is 0 Å². The standard InChI is InChI=1S/C20H16F3N5/c21-20(22,23)19-26-17-9-5-4-8-16(17)18(27-19)24-11-10-14-12-25-28(13-14)15-6-2-1-3-7-15/h1-9,12-13H,10-11H2,(H,24,26,27). The molecular formula is C20H16F3N5. The van der Waals surface area contributed by atoms with E-state index < -0.39 is 12.0 Å². The molecule has 0 aliphatic rings. The van der Waals surface area contributed by atoms with Gasteiger partial charge in [0, 0.05) is 18.1 Å². The summed E-state index contributed by atoms with van der Waals surface area (Å²) in [5.41, 5.74) is 2.16. The normalized spacial score (nSPS) is 11.7. The van der Waals surface area contributed by atoms with Crippen molar-refractivity contribution >= 4 is 16.7 Å². The summed E-state index contributed by atoms with van der Waals surface area (Å²) in [7, 11) is 0. The molecule has 0 atom stereocenters. The van der Waals surface area contributed by atoms with E-state index in [1.807, 2.05) is 36.5 Å². The first-order valence-electron chi connectivity index (χ1n) is 8.67. The Morgan fingerprint density at radius 1 is 0.929 bits per heavy atom. The third-order valence-electron chi connectivity index (χ3n) is 4.22. The van der Waals surface area contributed by atoms with Gasteiger partial charge in [-0.05, 0) is 36.2 Å². The number of para-hydroxylation sites is 2. The summed E-state index contributed by atoms with van der Waals surface area (Å²) in [6.45, 7) is 0.415. The second-order valence-electron chi connectivity index (χ2n) is 6.22. The van der Waals surface area contributed by atoms with Crippen LogP contribution in [0.5, 0.6) is 0 Å². The lowest BCUT2D eigenvalue weighted by molar-refractivity contribution is -0.144. The molecule has 0 aliphatic carbocycles. The van der Waals surface area contributed by atoms with E-state index >= 15 is 0 Å². The van der Waals surface area contributed by atoms with Crippen molar-refractivity contribution in [2.75, 3.05) is 11.9 Å². The predicted molar refractivity (Wildman–Crippen MR) is 100 cm³/mol. The van der Waals surface area contributed by atoms with E-state index in [1.54, 1.807) is 35.1 Å². The lowest BCUT2D eigenvalue weighted by atomic mass is 10.2. The van der Waals surface area contributed by atoms with Gasteiger partial charge in [0.25, 0.3) is 0 Å². The quantitative estimate of drug-likeness (QED) is 0.552. The van der Waals surface area contributed by atoms with Gasteiger partial charge in [-0.15, -0.1) is 0 Å². The van der Waals surface area contributed by atoms with Crippen LogP contribution in [0.1, 0.15) is 11.4 Å². The topological polar surface area (TPSA) is 55.6 Å². The van der Waals surface area contributed by atoms with Crippen LogP contribution in [-0.4, -0.2) is 26.3 Å². The smallest absolute Gasteiger partial charge is 0.369 e. The first kappa shape index (κ1) is 18.0. The summed E-state index contributed by atoms with van der Waals surface area (Å²) < 4.78 is 41.0. The Labute approximate surface area is 158 Å². The number of aromatic nitrogens is 4. The highest BCUT2D eigenvalue weighted by Crippen LogP contribution is 2.30. The van der Waals surface area contributed by atoms with Crippen molar-refractivity contribution in [3.05, 3.63) is 78.4 Å². The average molecular weight is 383 g/mol. The number of benzene rings is 2. The zero-order valence-electron chi connectivity index (χ0n) is 14.7. The highest BCUT2D eigenvalue weighted by molar-refractivity contribution is 5.89. The highest BCUT2D eigenvalue weighted by atomic mass is 19.4. The van der Waals surface area contributed by atoms with Crippen LogP contribution in [0.15, 0.2) is 67.0 Å². The van der Waals surface area contributed by atoms with Crippen molar-refractivity contribution in [3.8, 4) is 5.69 Å².